The van der Waals surface area contributed by atoms with E-state index >= 15 is 0 Å². The Balaban J connectivity index is 2.08. The van der Waals surface area contributed by atoms with E-state index in [1.54, 1.807) is 6.07 Å². The molecule has 88 valence electrons. The fourth-order valence-electron chi connectivity index (χ4n) is 1.58. The minimum Gasteiger partial charge on any atom is -0.476 e. The van der Waals surface area contributed by atoms with Crippen LogP contribution in [0.2, 0.25) is 0 Å². The van der Waals surface area contributed by atoms with E-state index in [9.17, 15) is 4.79 Å². The zero-order chi connectivity index (χ0) is 12.3. The third-order valence-corrected chi connectivity index (χ3v) is 2.45. The van der Waals surface area contributed by atoms with Gasteiger partial charge in [0.1, 0.15) is 0 Å². The third kappa shape index (κ3) is 2.63. The van der Waals surface area contributed by atoms with Crippen LogP contribution in [-0.2, 0) is 6.54 Å². The lowest BCUT2D eigenvalue weighted by Gasteiger charge is -2.17. The van der Waals surface area contributed by atoms with Crippen LogP contribution in [0.5, 0.6) is 0 Å². The molecular weight excluding hydrogens is 218 g/mol. The standard InChI is InChI=1S/C12H13N3O2/c1-15(10-5-3-2-4-6-10)8-9-7-11(12(16)17)14-13-9/h2-7H,8H2,1H3,(H,13,14)(H,16,17). The lowest BCUT2D eigenvalue weighted by Crippen LogP contribution is -2.16. The first-order valence-electron chi connectivity index (χ1n) is 5.20. The highest BCUT2D eigenvalue weighted by molar-refractivity contribution is 5.85. The van der Waals surface area contributed by atoms with Crippen LogP contribution in [-0.4, -0.2) is 28.3 Å². The van der Waals surface area contributed by atoms with Crippen LogP contribution in [0.25, 0.3) is 0 Å². The summed E-state index contributed by atoms with van der Waals surface area (Å²) in [5.74, 6) is -1.02. The summed E-state index contributed by atoms with van der Waals surface area (Å²) in [6.45, 7) is 0.588. The van der Waals surface area contributed by atoms with E-state index in [0.29, 0.717) is 6.54 Å². The molecule has 0 unspecified atom stereocenters. The molecule has 1 heterocycles. The molecule has 0 fully saturated rings. The Kier molecular flexibility index (Phi) is 3.09. The molecule has 0 amide bonds. The molecule has 0 aliphatic heterocycles. The first-order chi connectivity index (χ1) is 8.16. The molecule has 1 aromatic carbocycles. The molecule has 0 radical (unpaired) electrons. The summed E-state index contributed by atoms with van der Waals surface area (Å²) in [6, 6.07) is 11.4. The van der Waals surface area contributed by atoms with Gasteiger partial charge in [0, 0.05) is 12.7 Å². The molecule has 0 spiro atoms. The van der Waals surface area contributed by atoms with Crippen LogP contribution >= 0.6 is 0 Å². The second-order valence-corrected chi connectivity index (χ2v) is 3.78. The van der Waals surface area contributed by atoms with Crippen molar-refractivity contribution in [2.75, 3.05) is 11.9 Å². The smallest absolute Gasteiger partial charge is 0.356 e. The lowest BCUT2D eigenvalue weighted by atomic mass is 10.3. The highest BCUT2D eigenvalue weighted by atomic mass is 16.4. The summed E-state index contributed by atoms with van der Waals surface area (Å²) in [4.78, 5) is 12.7. The van der Waals surface area contributed by atoms with Crippen molar-refractivity contribution in [2.45, 2.75) is 6.54 Å². The zero-order valence-electron chi connectivity index (χ0n) is 9.42. The average molecular weight is 231 g/mol. The van der Waals surface area contributed by atoms with Crippen LogP contribution in [0.3, 0.4) is 0 Å². The first-order valence-corrected chi connectivity index (χ1v) is 5.20. The number of H-pyrrole nitrogens is 1. The van der Waals surface area contributed by atoms with Crippen LogP contribution in [0.1, 0.15) is 16.2 Å². The van der Waals surface area contributed by atoms with Gasteiger partial charge in [0.15, 0.2) is 5.69 Å². The number of nitrogens with one attached hydrogen (secondary N) is 1. The second kappa shape index (κ2) is 4.69. The zero-order valence-corrected chi connectivity index (χ0v) is 9.42. The summed E-state index contributed by atoms with van der Waals surface area (Å²) in [5.41, 5.74) is 1.88. The molecule has 2 rings (SSSR count). The number of benzene rings is 1. The molecule has 17 heavy (non-hydrogen) atoms. The van der Waals surface area contributed by atoms with Gasteiger partial charge in [-0.15, -0.1) is 0 Å². The van der Waals surface area contributed by atoms with E-state index in [0.717, 1.165) is 11.4 Å². The number of carboxylic acid groups (broad SMARTS) is 1. The summed E-state index contributed by atoms with van der Waals surface area (Å²) in [6.07, 6.45) is 0. The van der Waals surface area contributed by atoms with Crippen molar-refractivity contribution in [3.8, 4) is 0 Å². The van der Waals surface area contributed by atoms with Crippen LogP contribution in [0, 0.1) is 0 Å². The fourth-order valence-corrected chi connectivity index (χ4v) is 1.58. The van der Waals surface area contributed by atoms with Gasteiger partial charge in [0.05, 0.1) is 12.2 Å². The monoisotopic (exact) mass is 231 g/mol. The Morgan fingerprint density at radius 3 is 2.71 bits per heavy atom. The van der Waals surface area contributed by atoms with Crippen LogP contribution < -0.4 is 4.90 Å². The molecule has 0 aliphatic carbocycles. The number of aromatic carboxylic acids is 1. The Bertz CT molecular complexity index is 507. The van der Waals surface area contributed by atoms with Crippen molar-refractivity contribution in [1.29, 1.82) is 0 Å². The highest BCUT2D eigenvalue weighted by Crippen LogP contribution is 2.13. The fraction of sp³-hybridized carbons (Fsp3) is 0.167. The van der Waals surface area contributed by atoms with E-state index in [1.807, 2.05) is 42.3 Å². The maximum absolute atomic E-state index is 10.7. The Morgan fingerprint density at radius 2 is 2.12 bits per heavy atom. The number of carbonyl (C=O) groups is 1. The summed E-state index contributed by atoms with van der Waals surface area (Å²) in [5, 5.41) is 15.2. The van der Waals surface area contributed by atoms with Crippen molar-refractivity contribution in [3.05, 3.63) is 47.8 Å². The van der Waals surface area contributed by atoms with Gasteiger partial charge in [0.25, 0.3) is 0 Å². The largest absolute Gasteiger partial charge is 0.476 e. The Hall–Kier alpha value is -2.30. The summed E-state index contributed by atoms with van der Waals surface area (Å²) >= 11 is 0. The van der Waals surface area contributed by atoms with Gasteiger partial charge in [-0.1, -0.05) is 18.2 Å². The van der Waals surface area contributed by atoms with Gasteiger partial charge in [0.2, 0.25) is 0 Å². The number of hydrogen-bond donors (Lipinski definition) is 2. The van der Waals surface area contributed by atoms with Crippen molar-refractivity contribution in [2.24, 2.45) is 0 Å². The van der Waals surface area contributed by atoms with Crippen LogP contribution in [0.4, 0.5) is 5.69 Å². The number of carboxylic acids is 1. The minimum absolute atomic E-state index is 0.0430. The Morgan fingerprint density at radius 1 is 1.41 bits per heavy atom. The average Bonchev–Trinajstić information content (AvgIpc) is 2.79. The topological polar surface area (TPSA) is 69.2 Å². The molecule has 0 atom stereocenters. The number of nitrogens with zero attached hydrogens (tertiary/aromatic N) is 2. The van der Waals surface area contributed by atoms with Gasteiger partial charge < -0.3 is 10.0 Å². The molecule has 5 nitrogen and oxygen atoms in total. The molecule has 2 aromatic rings. The van der Waals surface area contributed by atoms with Crippen molar-refractivity contribution in [3.63, 3.8) is 0 Å². The molecule has 1 aromatic heterocycles. The number of para-hydroxylation sites is 1. The van der Waals surface area contributed by atoms with E-state index in [1.165, 1.54) is 0 Å². The van der Waals surface area contributed by atoms with Crippen molar-refractivity contribution < 1.29 is 9.90 Å². The molecular formula is C12H13N3O2. The first kappa shape index (κ1) is 11.2. The molecule has 2 N–H and O–H groups in total. The molecule has 0 saturated heterocycles. The van der Waals surface area contributed by atoms with Crippen molar-refractivity contribution >= 4 is 11.7 Å². The quantitative estimate of drug-likeness (QED) is 0.841. The second-order valence-electron chi connectivity index (χ2n) is 3.78. The predicted molar refractivity (Wildman–Crippen MR) is 64.1 cm³/mol. The molecule has 0 saturated carbocycles. The maximum Gasteiger partial charge on any atom is 0.356 e. The number of hydrogen-bond acceptors (Lipinski definition) is 3. The number of rotatable bonds is 4. The van der Waals surface area contributed by atoms with Gasteiger partial charge in [-0.2, -0.15) is 5.10 Å². The normalized spacial score (nSPS) is 10.2. The minimum atomic E-state index is -1.02. The lowest BCUT2D eigenvalue weighted by molar-refractivity contribution is 0.0690. The highest BCUT2D eigenvalue weighted by Gasteiger charge is 2.09. The number of aromatic nitrogens is 2. The van der Waals surface area contributed by atoms with E-state index in [2.05, 4.69) is 10.2 Å². The number of aromatic amines is 1. The molecule has 0 bridgehead atoms. The van der Waals surface area contributed by atoms with E-state index in [4.69, 9.17) is 5.11 Å². The number of anilines is 1. The van der Waals surface area contributed by atoms with Gasteiger partial charge in [-0.05, 0) is 18.2 Å². The molecule has 5 heteroatoms. The van der Waals surface area contributed by atoms with E-state index < -0.39 is 5.97 Å². The molecule has 0 aliphatic rings. The third-order valence-electron chi connectivity index (χ3n) is 2.45. The van der Waals surface area contributed by atoms with Gasteiger partial charge in [-0.3, -0.25) is 5.10 Å². The predicted octanol–water partition coefficient (Wildman–Crippen LogP) is 1.74. The van der Waals surface area contributed by atoms with Crippen LogP contribution in [0.15, 0.2) is 36.4 Å². The summed E-state index contributed by atoms with van der Waals surface area (Å²) < 4.78 is 0. The van der Waals surface area contributed by atoms with E-state index in [-0.39, 0.29) is 5.69 Å². The summed E-state index contributed by atoms with van der Waals surface area (Å²) in [7, 11) is 1.94. The SMILES string of the molecule is CN(Cc1cc(C(=O)O)n[nH]1)c1ccccc1. The van der Waals surface area contributed by atoms with Gasteiger partial charge in [-0.25, -0.2) is 4.79 Å². The van der Waals surface area contributed by atoms with Gasteiger partial charge >= 0.3 is 5.97 Å². The maximum atomic E-state index is 10.7. The Labute approximate surface area is 98.7 Å². The van der Waals surface area contributed by atoms with Crippen molar-refractivity contribution in [1.82, 2.24) is 10.2 Å².